The fourth-order valence-corrected chi connectivity index (χ4v) is 1.09. The van der Waals surface area contributed by atoms with E-state index in [1.54, 1.807) is 0 Å². The summed E-state index contributed by atoms with van der Waals surface area (Å²) >= 11 is 2.95. The van der Waals surface area contributed by atoms with Crippen molar-refractivity contribution >= 4 is 27.9 Å². The van der Waals surface area contributed by atoms with Crippen LogP contribution in [0.5, 0.6) is 0 Å². The van der Waals surface area contributed by atoms with E-state index in [4.69, 9.17) is 5.11 Å². The Morgan fingerprint density at radius 3 is 2.14 bits per heavy atom. The second-order valence-electron chi connectivity index (χ2n) is 2.42. The molecule has 0 aliphatic carbocycles. The summed E-state index contributed by atoms with van der Waals surface area (Å²) in [4.78, 5) is 21.6. The average molecular weight is 259 g/mol. The van der Waals surface area contributed by atoms with Gasteiger partial charge in [0.05, 0.1) is 11.1 Å². The summed E-state index contributed by atoms with van der Waals surface area (Å²) in [7, 11) is 0. The number of alkyl halides is 1. The predicted molar refractivity (Wildman–Crippen MR) is 52.6 cm³/mol. The van der Waals surface area contributed by atoms with E-state index in [2.05, 4.69) is 20.7 Å². The van der Waals surface area contributed by atoms with Gasteiger partial charge in [-0.2, -0.15) is 0 Å². The van der Waals surface area contributed by atoms with Crippen molar-refractivity contribution in [3.8, 4) is 0 Å². The van der Waals surface area contributed by atoms with Crippen molar-refractivity contribution in [2.75, 3.05) is 5.52 Å². The molecule has 0 bridgehead atoms. The van der Waals surface area contributed by atoms with Crippen molar-refractivity contribution in [1.29, 1.82) is 0 Å². The molecule has 0 fully saturated rings. The molecule has 0 aromatic heterocycles. The number of carboxylic acid groups (broad SMARTS) is 1. The Hall–Kier alpha value is -1.36. The summed E-state index contributed by atoms with van der Waals surface area (Å²) in [5.41, 5.74) is 0.585. The zero-order valence-electron chi connectivity index (χ0n) is 7.07. The highest BCUT2D eigenvalue weighted by atomic mass is 79.9. The van der Waals surface area contributed by atoms with E-state index in [0.29, 0.717) is 5.56 Å². The standard InChI is InChI=1S/C9H7BrO4/c10-5-14-9(13)7-3-1-6(2-4-7)8(11)12/h1-4H,5H2,(H,11,12). The van der Waals surface area contributed by atoms with Gasteiger partial charge in [0.25, 0.3) is 0 Å². The molecule has 0 amide bonds. The lowest BCUT2D eigenvalue weighted by Crippen LogP contribution is -2.04. The Labute approximate surface area is 88.6 Å². The molecular formula is C9H7BrO4. The van der Waals surface area contributed by atoms with Crippen molar-refractivity contribution in [2.24, 2.45) is 0 Å². The van der Waals surface area contributed by atoms with Crippen LogP contribution in [0.3, 0.4) is 0 Å². The molecule has 1 rings (SSSR count). The van der Waals surface area contributed by atoms with Crippen LogP contribution in [0, 0.1) is 0 Å². The molecule has 5 heteroatoms. The summed E-state index contributed by atoms with van der Waals surface area (Å²) in [6, 6.07) is 5.53. The van der Waals surface area contributed by atoms with Gasteiger partial charge in [-0.05, 0) is 40.2 Å². The van der Waals surface area contributed by atoms with Crippen molar-refractivity contribution in [1.82, 2.24) is 0 Å². The van der Waals surface area contributed by atoms with E-state index in [-0.39, 0.29) is 11.1 Å². The SMILES string of the molecule is O=C(O)c1ccc(C(=O)OCBr)cc1. The molecule has 4 nitrogen and oxygen atoms in total. The van der Waals surface area contributed by atoms with Gasteiger partial charge >= 0.3 is 11.9 Å². The number of hydrogen-bond acceptors (Lipinski definition) is 3. The Bertz CT molecular complexity index is 344. The van der Waals surface area contributed by atoms with Gasteiger partial charge in [-0.25, -0.2) is 9.59 Å². The maximum atomic E-state index is 11.1. The fourth-order valence-electron chi connectivity index (χ4n) is 0.882. The first-order chi connectivity index (χ1) is 6.65. The number of halogens is 1. The largest absolute Gasteiger partial charge is 0.478 e. The Morgan fingerprint density at radius 2 is 1.71 bits per heavy atom. The molecule has 0 atom stereocenters. The zero-order chi connectivity index (χ0) is 10.6. The van der Waals surface area contributed by atoms with Gasteiger partial charge in [0.2, 0.25) is 0 Å². The van der Waals surface area contributed by atoms with Gasteiger partial charge in [0.1, 0.15) is 5.52 Å². The minimum atomic E-state index is -1.02. The number of esters is 1. The molecule has 0 heterocycles. The summed E-state index contributed by atoms with van der Waals surface area (Å²) in [5, 5.41) is 8.59. The van der Waals surface area contributed by atoms with E-state index >= 15 is 0 Å². The van der Waals surface area contributed by atoms with Crippen LogP contribution in [0.15, 0.2) is 24.3 Å². The van der Waals surface area contributed by atoms with E-state index in [1.165, 1.54) is 24.3 Å². The van der Waals surface area contributed by atoms with E-state index in [9.17, 15) is 9.59 Å². The average Bonchev–Trinajstić information content (AvgIpc) is 2.18. The minimum Gasteiger partial charge on any atom is -0.478 e. The summed E-state index contributed by atoms with van der Waals surface area (Å²) < 4.78 is 4.66. The van der Waals surface area contributed by atoms with Crippen LogP contribution < -0.4 is 0 Å². The van der Waals surface area contributed by atoms with Crippen LogP contribution in [0.1, 0.15) is 20.7 Å². The molecule has 0 aliphatic heterocycles. The lowest BCUT2D eigenvalue weighted by molar-refractivity contribution is 0.0582. The molecule has 14 heavy (non-hydrogen) atoms. The normalized spacial score (nSPS) is 9.50. The van der Waals surface area contributed by atoms with Gasteiger partial charge in [-0.1, -0.05) is 0 Å². The third kappa shape index (κ3) is 2.56. The van der Waals surface area contributed by atoms with E-state index in [0.717, 1.165) is 0 Å². The number of carboxylic acids is 1. The first kappa shape index (κ1) is 10.7. The molecule has 1 aromatic carbocycles. The van der Waals surface area contributed by atoms with Crippen LogP contribution in [0.2, 0.25) is 0 Å². The molecule has 0 saturated heterocycles. The third-order valence-corrected chi connectivity index (χ3v) is 1.78. The zero-order valence-corrected chi connectivity index (χ0v) is 8.65. The molecule has 1 aromatic rings. The topological polar surface area (TPSA) is 63.6 Å². The van der Waals surface area contributed by atoms with Crippen LogP contribution in [-0.2, 0) is 4.74 Å². The van der Waals surface area contributed by atoms with Crippen LogP contribution in [-0.4, -0.2) is 22.6 Å². The molecule has 0 saturated carbocycles. The Balaban J connectivity index is 2.83. The smallest absolute Gasteiger partial charge is 0.338 e. The minimum absolute atomic E-state index is 0.118. The van der Waals surface area contributed by atoms with Gasteiger partial charge in [0.15, 0.2) is 0 Å². The molecule has 1 N–H and O–H groups in total. The summed E-state index contributed by atoms with van der Waals surface area (Å²) in [6.07, 6.45) is 0. The highest BCUT2D eigenvalue weighted by molar-refractivity contribution is 9.09. The highest BCUT2D eigenvalue weighted by Gasteiger charge is 2.07. The molecule has 0 aliphatic rings. The number of benzene rings is 1. The van der Waals surface area contributed by atoms with Crippen molar-refractivity contribution < 1.29 is 19.4 Å². The number of rotatable bonds is 3. The second kappa shape index (κ2) is 4.76. The molecule has 0 unspecified atom stereocenters. The molecule has 0 radical (unpaired) electrons. The lowest BCUT2D eigenvalue weighted by Gasteiger charge is -2.00. The van der Waals surface area contributed by atoms with E-state index in [1.807, 2.05) is 0 Å². The molecular weight excluding hydrogens is 252 g/mol. The second-order valence-corrected chi connectivity index (χ2v) is 2.88. The van der Waals surface area contributed by atoms with Gasteiger partial charge < -0.3 is 9.84 Å². The fraction of sp³-hybridized carbons (Fsp3) is 0.111. The maximum Gasteiger partial charge on any atom is 0.338 e. The first-order valence-corrected chi connectivity index (χ1v) is 4.83. The summed E-state index contributed by atoms with van der Waals surface area (Å²) in [6.45, 7) is 0. The number of carbonyl (C=O) groups excluding carboxylic acids is 1. The quantitative estimate of drug-likeness (QED) is 0.665. The van der Waals surface area contributed by atoms with Gasteiger partial charge in [-0.15, -0.1) is 0 Å². The Morgan fingerprint density at radius 1 is 1.21 bits per heavy atom. The molecule has 74 valence electrons. The third-order valence-electron chi connectivity index (χ3n) is 1.55. The van der Waals surface area contributed by atoms with Crippen molar-refractivity contribution in [2.45, 2.75) is 0 Å². The van der Waals surface area contributed by atoms with Gasteiger partial charge in [-0.3, -0.25) is 0 Å². The number of ether oxygens (including phenoxy) is 1. The first-order valence-electron chi connectivity index (χ1n) is 3.71. The monoisotopic (exact) mass is 258 g/mol. The number of aromatic carboxylic acids is 1. The van der Waals surface area contributed by atoms with Gasteiger partial charge in [0, 0.05) is 0 Å². The highest BCUT2D eigenvalue weighted by Crippen LogP contribution is 2.06. The number of hydrogen-bond donors (Lipinski definition) is 1. The van der Waals surface area contributed by atoms with Crippen LogP contribution >= 0.6 is 15.9 Å². The van der Waals surface area contributed by atoms with Crippen molar-refractivity contribution in [3.05, 3.63) is 35.4 Å². The number of carbonyl (C=O) groups is 2. The van der Waals surface area contributed by atoms with Crippen LogP contribution in [0.4, 0.5) is 0 Å². The summed E-state index contributed by atoms with van der Waals surface area (Å²) in [5.74, 6) is -1.51. The molecule has 0 spiro atoms. The maximum absolute atomic E-state index is 11.1. The van der Waals surface area contributed by atoms with Crippen LogP contribution in [0.25, 0.3) is 0 Å². The van der Waals surface area contributed by atoms with Crippen molar-refractivity contribution in [3.63, 3.8) is 0 Å². The van der Waals surface area contributed by atoms with E-state index < -0.39 is 11.9 Å². The Kier molecular flexibility index (Phi) is 3.64. The predicted octanol–water partition coefficient (Wildman–Crippen LogP) is 1.89. The lowest BCUT2D eigenvalue weighted by atomic mass is 10.1.